The molecule has 0 fully saturated rings. The van der Waals surface area contributed by atoms with Gasteiger partial charge in [-0.2, -0.15) is 5.26 Å². The van der Waals surface area contributed by atoms with E-state index in [1.807, 2.05) is 6.07 Å². The number of rotatable bonds is 5. The summed E-state index contributed by atoms with van der Waals surface area (Å²) in [5.41, 5.74) is 1.43. The molecule has 0 rings (SSSR count). The summed E-state index contributed by atoms with van der Waals surface area (Å²) in [7, 11) is 1.80. The van der Waals surface area contributed by atoms with E-state index >= 15 is 0 Å². The van der Waals surface area contributed by atoms with E-state index in [0.717, 1.165) is 5.70 Å². The second kappa shape index (κ2) is 6.86. The van der Waals surface area contributed by atoms with Gasteiger partial charge < -0.3 is 5.32 Å². The predicted molar refractivity (Wildman–Crippen MR) is 55.5 cm³/mol. The Morgan fingerprint density at radius 2 is 2.31 bits per heavy atom. The van der Waals surface area contributed by atoms with Crippen LogP contribution >= 0.6 is 0 Å². The molecule has 3 heteroatoms. The van der Waals surface area contributed by atoms with Crippen LogP contribution in [0.4, 0.5) is 0 Å². The first-order valence-electron chi connectivity index (χ1n) is 3.82. The molecule has 0 unspecified atom stereocenters. The van der Waals surface area contributed by atoms with E-state index in [-0.39, 0.29) is 0 Å². The van der Waals surface area contributed by atoms with Crippen LogP contribution in [0.15, 0.2) is 41.1 Å². The van der Waals surface area contributed by atoms with E-state index in [9.17, 15) is 0 Å². The fourth-order valence-corrected chi connectivity index (χ4v) is 0.677. The summed E-state index contributed by atoms with van der Waals surface area (Å²) in [6.07, 6.45) is 4.98. The maximum absolute atomic E-state index is 8.57. The van der Waals surface area contributed by atoms with Gasteiger partial charge in [0.15, 0.2) is 0 Å². The molecule has 1 N–H and O–H groups in total. The zero-order valence-electron chi connectivity index (χ0n) is 7.75. The third-order valence-electron chi connectivity index (χ3n) is 1.42. The van der Waals surface area contributed by atoms with Gasteiger partial charge in [-0.15, -0.1) is 0 Å². The molecule has 0 radical (unpaired) electrons. The fourth-order valence-electron chi connectivity index (χ4n) is 0.677. The van der Waals surface area contributed by atoms with Crippen LogP contribution < -0.4 is 5.32 Å². The molecule has 0 atom stereocenters. The van der Waals surface area contributed by atoms with Crippen molar-refractivity contribution in [1.29, 1.82) is 5.26 Å². The minimum Gasteiger partial charge on any atom is -0.390 e. The molecular formula is C10H13N3. The van der Waals surface area contributed by atoms with Crippen LogP contribution in [0.5, 0.6) is 0 Å². The Morgan fingerprint density at radius 3 is 2.69 bits per heavy atom. The number of nitriles is 1. The number of likely N-dealkylation sites (N-methyl/N-ethyl adjacent to an activating group) is 1. The average molecular weight is 175 g/mol. The van der Waals surface area contributed by atoms with E-state index in [1.54, 1.807) is 19.2 Å². The zero-order chi connectivity index (χ0) is 10.1. The first-order chi connectivity index (χ1) is 6.28. The smallest absolute Gasteiger partial charge is 0.0991 e. The second-order valence-electron chi connectivity index (χ2n) is 2.26. The van der Waals surface area contributed by atoms with E-state index in [4.69, 9.17) is 5.26 Å². The summed E-state index contributed by atoms with van der Waals surface area (Å²) >= 11 is 0. The molecular weight excluding hydrogens is 162 g/mol. The van der Waals surface area contributed by atoms with Crippen molar-refractivity contribution in [2.24, 2.45) is 4.99 Å². The topological polar surface area (TPSA) is 48.2 Å². The highest BCUT2D eigenvalue weighted by atomic mass is 14.9. The highest BCUT2D eigenvalue weighted by Crippen LogP contribution is 1.96. The first-order valence-corrected chi connectivity index (χ1v) is 3.82. The summed E-state index contributed by atoms with van der Waals surface area (Å²) in [5, 5.41) is 11.5. The minimum atomic E-state index is 0.517. The number of aliphatic imine (C=N–C) groups is 1. The van der Waals surface area contributed by atoms with Crippen LogP contribution in [0.1, 0.15) is 0 Å². The Kier molecular flexibility index (Phi) is 5.90. The molecule has 0 saturated heterocycles. The van der Waals surface area contributed by atoms with Gasteiger partial charge in [-0.25, -0.2) is 0 Å². The molecule has 0 spiro atoms. The third-order valence-corrected chi connectivity index (χ3v) is 1.42. The number of hydrogen-bond acceptors (Lipinski definition) is 3. The lowest BCUT2D eigenvalue weighted by molar-refractivity contribution is 0.930. The molecule has 0 aromatic rings. The lowest BCUT2D eigenvalue weighted by Crippen LogP contribution is -2.07. The highest BCUT2D eigenvalue weighted by Gasteiger charge is 1.89. The van der Waals surface area contributed by atoms with Crippen LogP contribution in [0.3, 0.4) is 0 Å². The maximum Gasteiger partial charge on any atom is 0.0991 e. The molecule has 0 aliphatic rings. The number of nitrogens with one attached hydrogen (secondary N) is 1. The summed E-state index contributed by atoms with van der Waals surface area (Å²) in [6.45, 7) is 7.40. The van der Waals surface area contributed by atoms with Crippen molar-refractivity contribution in [3.63, 3.8) is 0 Å². The fraction of sp³-hybridized carbons (Fsp3) is 0.200. The van der Waals surface area contributed by atoms with Crippen LogP contribution in [0.25, 0.3) is 0 Å². The lowest BCUT2D eigenvalue weighted by Gasteiger charge is -1.99. The molecule has 0 amide bonds. The Balaban J connectivity index is 4.52. The standard InChI is InChI=1S/C10H13N3/c1-4-9(7-11)5-6-10(13-3)8-12-2/h4-6,13H,1-2,8H2,3H3/b9-5+,10-6+. The molecule has 3 nitrogen and oxygen atoms in total. The van der Waals surface area contributed by atoms with Crippen molar-refractivity contribution < 1.29 is 0 Å². The van der Waals surface area contributed by atoms with Gasteiger partial charge in [-0.3, -0.25) is 4.99 Å². The van der Waals surface area contributed by atoms with Crippen LogP contribution in [0, 0.1) is 11.3 Å². The molecule has 0 heterocycles. The molecule has 0 saturated carbocycles. The minimum absolute atomic E-state index is 0.517. The van der Waals surface area contributed by atoms with Crippen molar-refractivity contribution >= 4 is 6.72 Å². The van der Waals surface area contributed by atoms with Crippen molar-refractivity contribution in [1.82, 2.24) is 5.32 Å². The molecule has 0 aliphatic heterocycles. The predicted octanol–water partition coefficient (Wildman–Crippen LogP) is 1.43. The second-order valence-corrected chi connectivity index (χ2v) is 2.26. The normalized spacial score (nSPS) is 11.7. The number of nitrogens with zero attached hydrogens (tertiary/aromatic N) is 2. The molecule has 68 valence electrons. The van der Waals surface area contributed by atoms with Gasteiger partial charge in [0.25, 0.3) is 0 Å². The van der Waals surface area contributed by atoms with Gasteiger partial charge in [0, 0.05) is 12.7 Å². The van der Waals surface area contributed by atoms with Crippen molar-refractivity contribution in [2.75, 3.05) is 13.6 Å². The lowest BCUT2D eigenvalue weighted by atomic mass is 10.2. The monoisotopic (exact) mass is 175 g/mol. The molecule has 0 aromatic heterocycles. The van der Waals surface area contributed by atoms with Crippen molar-refractivity contribution in [3.8, 4) is 6.07 Å². The van der Waals surface area contributed by atoms with Gasteiger partial charge in [-0.1, -0.05) is 12.7 Å². The van der Waals surface area contributed by atoms with Crippen LogP contribution in [-0.4, -0.2) is 20.3 Å². The summed E-state index contributed by atoms with van der Waals surface area (Å²) < 4.78 is 0. The summed E-state index contributed by atoms with van der Waals surface area (Å²) in [5.74, 6) is 0. The van der Waals surface area contributed by atoms with E-state index in [1.165, 1.54) is 6.08 Å². The molecule has 0 aliphatic carbocycles. The summed E-state index contributed by atoms with van der Waals surface area (Å²) in [6, 6.07) is 2.00. The Bertz CT molecular complexity index is 279. The van der Waals surface area contributed by atoms with E-state index in [2.05, 4.69) is 23.6 Å². The largest absolute Gasteiger partial charge is 0.390 e. The van der Waals surface area contributed by atoms with Gasteiger partial charge in [0.05, 0.1) is 18.2 Å². The maximum atomic E-state index is 8.57. The Hall–Kier alpha value is -1.82. The number of hydrogen-bond donors (Lipinski definition) is 1. The average Bonchev–Trinajstić information content (AvgIpc) is 2.17. The zero-order valence-corrected chi connectivity index (χ0v) is 7.75. The highest BCUT2D eigenvalue weighted by molar-refractivity contribution is 5.35. The van der Waals surface area contributed by atoms with Gasteiger partial charge in [0.1, 0.15) is 0 Å². The van der Waals surface area contributed by atoms with Gasteiger partial charge in [0.2, 0.25) is 0 Å². The third kappa shape index (κ3) is 4.59. The molecule has 0 aromatic carbocycles. The van der Waals surface area contributed by atoms with Crippen molar-refractivity contribution in [2.45, 2.75) is 0 Å². The quantitative estimate of drug-likeness (QED) is 0.390. The van der Waals surface area contributed by atoms with E-state index in [0.29, 0.717) is 12.1 Å². The first kappa shape index (κ1) is 11.2. The van der Waals surface area contributed by atoms with Gasteiger partial charge >= 0.3 is 0 Å². The van der Waals surface area contributed by atoms with E-state index < -0.39 is 0 Å². The Labute approximate surface area is 78.8 Å². The molecule has 0 bridgehead atoms. The summed E-state index contributed by atoms with van der Waals surface area (Å²) in [4.78, 5) is 3.72. The SMILES string of the molecule is C=C/C(C#N)=C\C=C(/CN=C)NC. The van der Waals surface area contributed by atoms with Crippen molar-refractivity contribution in [3.05, 3.63) is 36.1 Å². The Morgan fingerprint density at radius 1 is 1.62 bits per heavy atom. The van der Waals surface area contributed by atoms with Crippen LogP contribution in [0.2, 0.25) is 0 Å². The van der Waals surface area contributed by atoms with Crippen LogP contribution in [-0.2, 0) is 0 Å². The van der Waals surface area contributed by atoms with Gasteiger partial charge in [-0.05, 0) is 18.9 Å². The molecule has 13 heavy (non-hydrogen) atoms. The number of allylic oxidation sites excluding steroid dienone is 4.